The molecule has 1 aromatic carbocycles. The summed E-state index contributed by atoms with van der Waals surface area (Å²) in [7, 11) is 0. The lowest BCUT2D eigenvalue weighted by Crippen LogP contribution is -2.29. The summed E-state index contributed by atoms with van der Waals surface area (Å²) < 4.78 is 32.0. The van der Waals surface area contributed by atoms with Crippen molar-refractivity contribution in [2.75, 3.05) is 13.2 Å². The molecule has 1 aliphatic rings. The number of halogens is 2. The van der Waals surface area contributed by atoms with Crippen molar-refractivity contribution in [2.45, 2.75) is 38.8 Å². The van der Waals surface area contributed by atoms with E-state index in [1.807, 2.05) is 6.92 Å². The minimum atomic E-state index is -0.797. The maximum atomic E-state index is 13.4. The van der Waals surface area contributed by atoms with E-state index in [1.54, 1.807) is 6.07 Å². The molecular formula is C15H21F2NO. The normalized spacial score (nSPS) is 24.6. The van der Waals surface area contributed by atoms with Gasteiger partial charge in [-0.3, -0.25) is 0 Å². The lowest BCUT2D eigenvalue weighted by Gasteiger charge is -2.24. The molecule has 0 radical (unpaired) electrons. The number of hydrogen-bond acceptors (Lipinski definition) is 2. The van der Waals surface area contributed by atoms with Crippen LogP contribution in [0, 0.1) is 17.6 Å². The smallest absolute Gasteiger partial charge is 0.159 e. The number of rotatable bonds is 5. The standard InChI is InChI=1S/C15H21F2NO/c1-3-6-18-15(12-7-10(2)19-9-12)11-4-5-13(16)14(17)8-11/h4-5,8,10,12,15,18H,3,6-7,9H2,1-2H3. The molecule has 3 unspecified atom stereocenters. The van der Waals surface area contributed by atoms with Gasteiger partial charge in [-0.25, -0.2) is 8.78 Å². The lowest BCUT2D eigenvalue weighted by molar-refractivity contribution is 0.117. The van der Waals surface area contributed by atoms with Gasteiger partial charge in [-0.1, -0.05) is 13.0 Å². The summed E-state index contributed by atoms with van der Waals surface area (Å²) in [6.07, 6.45) is 2.19. The van der Waals surface area contributed by atoms with Crippen molar-refractivity contribution < 1.29 is 13.5 Å². The Balaban J connectivity index is 2.18. The highest BCUT2D eigenvalue weighted by atomic mass is 19.2. The van der Waals surface area contributed by atoms with Crippen molar-refractivity contribution in [2.24, 2.45) is 5.92 Å². The highest BCUT2D eigenvalue weighted by Gasteiger charge is 2.30. The third-order valence-electron chi connectivity index (χ3n) is 3.62. The molecule has 0 bridgehead atoms. The SMILES string of the molecule is CCCNC(c1ccc(F)c(F)c1)C1COC(C)C1. The zero-order chi connectivity index (χ0) is 13.8. The lowest BCUT2D eigenvalue weighted by atomic mass is 9.91. The van der Waals surface area contributed by atoms with Crippen molar-refractivity contribution in [3.05, 3.63) is 35.4 Å². The summed E-state index contributed by atoms with van der Waals surface area (Å²) in [5, 5.41) is 3.43. The van der Waals surface area contributed by atoms with E-state index in [1.165, 1.54) is 12.1 Å². The Labute approximate surface area is 113 Å². The minimum absolute atomic E-state index is 0.0278. The summed E-state index contributed by atoms with van der Waals surface area (Å²) in [6.45, 7) is 5.65. The molecule has 1 heterocycles. The van der Waals surface area contributed by atoms with Gasteiger partial charge in [0.25, 0.3) is 0 Å². The second-order valence-electron chi connectivity index (χ2n) is 5.25. The Hall–Kier alpha value is -1.00. The van der Waals surface area contributed by atoms with E-state index in [4.69, 9.17) is 4.74 Å². The van der Waals surface area contributed by atoms with Crippen molar-refractivity contribution in [3.8, 4) is 0 Å². The maximum absolute atomic E-state index is 13.4. The Bertz CT molecular complexity index is 425. The van der Waals surface area contributed by atoms with Gasteiger partial charge in [-0.15, -0.1) is 0 Å². The third kappa shape index (κ3) is 3.51. The molecule has 0 aliphatic carbocycles. The molecule has 1 N–H and O–H groups in total. The van der Waals surface area contributed by atoms with E-state index in [0.29, 0.717) is 12.5 Å². The Morgan fingerprint density at radius 1 is 1.37 bits per heavy atom. The van der Waals surface area contributed by atoms with Crippen LogP contribution < -0.4 is 5.32 Å². The molecule has 1 aliphatic heterocycles. The number of nitrogens with one attached hydrogen (secondary N) is 1. The topological polar surface area (TPSA) is 21.3 Å². The number of benzene rings is 1. The number of hydrogen-bond donors (Lipinski definition) is 1. The second-order valence-corrected chi connectivity index (χ2v) is 5.25. The average Bonchev–Trinajstić information content (AvgIpc) is 2.80. The van der Waals surface area contributed by atoms with Crippen LogP contribution in [-0.2, 0) is 4.74 Å². The second kappa shape index (κ2) is 6.44. The van der Waals surface area contributed by atoms with Crippen LogP contribution in [0.25, 0.3) is 0 Å². The first-order valence-electron chi connectivity index (χ1n) is 6.91. The molecule has 106 valence electrons. The first-order chi connectivity index (χ1) is 9.11. The number of ether oxygens (including phenoxy) is 1. The van der Waals surface area contributed by atoms with E-state index in [-0.39, 0.29) is 12.1 Å². The van der Waals surface area contributed by atoms with Crippen LogP contribution >= 0.6 is 0 Å². The van der Waals surface area contributed by atoms with E-state index >= 15 is 0 Å². The van der Waals surface area contributed by atoms with Gasteiger partial charge in [0.2, 0.25) is 0 Å². The van der Waals surface area contributed by atoms with Gasteiger partial charge in [-0.05, 0) is 44.0 Å². The Kier molecular flexibility index (Phi) is 4.88. The molecule has 1 saturated heterocycles. The minimum Gasteiger partial charge on any atom is -0.378 e. The summed E-state index contributed by atoms with van der Waals surface area (Å²) in [5.41, 5.74) is 0.801. The summed E-state index contributed by atoms with van der Waals surface area (Å²) in [5.74, 6) is -1.27. The van der Waals surface area contributed by atoms with Crippen LogP contribution in [0.1, 0.15) is 38.3 Å². The molecule has 1 aromatic rings. The van der Waals surface area contributed by atoms with Crippen molar-refractivity contribution in [1.82, 2.24) is 5.32 Å². The first-order valence-corrected chi connectivity index (χ1v) is 6.91. The molecule has 19 heavy (non-hydrogen) atoms. The Morgan fingerprint density at radius 2 is 2.16 bits per heavy atom. The van der Waals surface area contributed by atoms with Crippen molar-refractivity contribution in [3.63, 3.8) is 0 Å². The van der Waals surface area contributed by atoms with Crippen molar-refractivity contribution >= 4 is 0 Å². The quantitative estimate of drug-likeness (QED) is 0.884. The third-order valence-corrected chi connectivity index (χ3v) is 3.62. The van der Waals surface area contributed by atoms with Gasteiger partial charge < -0.3 is 10.1 Å². The van der Waals surface area contributed by atoms with Crippen LogP contribution in [0.5, 0.6) is 0 Å². The van der Waals surface area contributed by atoms with Gasteiger partial charge in [-0.2, -0.15) is 0 Å². The summed E-state index contributed by atoms with van der Waals surface area (Å²) in [4.78, 5) is 0. The molecule has 0 aromatic heterocycles. The molecule has 3 atom stereocenters. The van der Waals surface area contributed by atoms with Crippen LogP contribution in [0.15, 0.2) is 18.2 Å². The first kappa shape index (κ1) is 14.4. The predicted molar refractivity (Wildman–Crippen MR) is 70.9 cm³/mol. The van der Waals surface area contributed by atoms with Crippen LogP contribution in [0.4, 0.5) is 8.78 Å². The molecule has 2 rings (SSSR count). The van der Waals surface area contributed by atoms with E-state index in [2.05, 4.69) is 12.2 Å². The summed E-state index contributed by atoms with van der Waals surface area (Å²) in [6, 6.07) is 4.19. The Morgan fingerprint density at radius 3 is 2.74 bits per heavy atom. The fourth-order valence-corrected chi connectivity index (χ4v) is 2.64. The largest absolute Gasteiger partial charge is 0.378 e. The summed E-state index contributed by atoms with van der Waals surface area (Å²) >= 11 is 0. The molecule has 1 fully saturated rings. The highest BCUT2D eigenvalue weighted by molar-refractivity contribution is 5.22. The molecule has 0 spiro atoms. The molecule has 0 amide bonds. The van der Waals surface area contributed by atoms with E-state index < -0.39 is 11.6 Å². The van der Waals surface area contributed by atoms with Crippen LogP contribution in [-0.4, -0.2) is 19.3 Å². The van der Waals surface area contributed by atoms with Gasteiger partial charge in [0.1, 0.15) is 0 Å². The molecule has 2 nitrogen and oxygen atoms in total. The van der Waals surface area contributed by atoms with Crippen LogP contribution in [0.2, 0.25) is 0 Å². The zero-order valence-electron chi connectivity index (χ0n) is 11.5. The fraction of sp³-hybridized carbons (Fsp3) is 0.600. The van der Waals surface area contributed by atoms with E-state index in [9.17, 15) is 8.78 Å². The maximum Gasteiger partial charge on any atom is 0.159 e. The van der Waals surface area contributed by atoms with Gasteiger partial charge in [0.05, 0.1) is 12.7 Å². The molecule has 4 heteroatoms. The van der Waals surface area contributed by atoms with Gasteiger partial charge >= 0.3 is 0 Å². The van der Waals surface area contributed by atoms with E-state index in [0.717, 1.165) is 24.9 Å². The van der Waals surface area contributed by atoms with Crippen LogP contribution in [0.3, 0.4) is 0 Å². The fourth-order valence-electron chi connectivity index (χ4n) is 2.64. The molecular weight excluding hydrogens is 248 g/mol. The monoisotopic (exact) mass is 269 g/mol. The molecule has 0 saturated carbocycles. The average molecular weight is 269 g/mol. The van der Waals surface area contributed by atoms with Gasteiger partial charge in [0, 0.05) is 12.0 Å². The van der Waals surface area contributed by atoms with Gasteiger partial charge in [0.15, 0.2) is 11.6 Å². The highest BCUT2D eigenvalue weighted by Crippen LogP contribution is 2.32. The zero-order valence-corrected chi connectivity index (χ0v) is 11.5. The van der Waals surface area contributed by atoms with Crippen molar-refractivity contribution in [1.29, 1.82) is 0 Å². The predicted octanol–water partition coefficient (Wildman–Crippen LogP) is 3.43.